The molecule has 1 amide bonds. The van der Waals surface area contributed by atoms with E-state index in [1.165, 1.54) is 17.3 Å². The van der Waals surface area contributed by atoms with Gasteiger partial charge in [0.15, 0.2) is 0 Å². The molecule has 156 valence electrons. The van der Waals surface area contributed by atoms with Gasteiger partial charge in [-0.15, -0.1) is 0 Å². The average Bonchev–Trinajstić information content (AvgIpc) is 3.23. The molecule has 2 fully saturated rings. The number of pyridine rings is 1. The highest BCUT2D eigenvalue weighted by atomic mass is 32.1. The number of carbonyl (C=O) groups excluding carboxylic acids is 1. The first-order valence-corrected chi connectivity index (χ1v) is 11.1. The number of aromatic nitrogens is 3. The van der Waals surface area contributed by atoms with E-state index >= 15 is 0 Å². The maximum Gasteiger partial charge on any atom is 0.255 e. The van der Waals surface area contributed by atoms with Crippen LogP contribution in [0.15, 0.2) is 42.7 Å². The average molecular weight is 424 g/mol. The lowest BCUT2D eigenvalue weighted by Gasteiger charge is -2.49. The molecule has 1 aromatic carbocycles. The van der Waals surface area contributed by atoms with E-state index in [9.17, 15) is 9.90 Å². The number of aliphatic hydroxyl groups is 1. The van der Waals surface area contributed by atoms with Gasteiger partial charge in [0, 0.05) is 32.0 Å². The van der Waals surface area contributed by atoms with E-state index in [1.54, 1.807) is 24.5 Å². The first kappa shape index (κ1) is 19.5. The van der Waals surface area contributed by atoms with Gasteiger partial charge in [0.2, 0.25) is 0 Å². The van der Waals surface area contributed by atoms with E-state index in [-0.39, 0.29) is 11.3 Å². The molecule has 3 aromatic rings. The van der Waals surface area contributed by atoms with Crippen molar-refractivity contribution in [2.24, 2.45) is 5.41 Å². The summed E-state index contributed by atoms with van der Waals surface area (Å²) in [5.74, 6) is -0.0335. The highest BCUT2D eigenvalue weighted by Gasteiger charge is 2.42. The second-order valence-electron chi connectivity index (χ2n) is 8.65. The minimum atomic E-state index is -0.467. The summed E-state index contributed by atoms with van der Waals surface area (Å²) in [7, 11) is 0. The molecule has 30 heavy (non-hydrogen) atoms. The lowest BCUT2D eigenvalue weighted by atomic mass is 9.71. The van der Waals surface area contributed by atoms with Crippen molar-refractivity contribution in [3.8, 4) is 0 Å². The topological polar surface area (TPSA) is 82.5 Å². The molecular formula is C22H25N5O2S. The second kappa shape index (κ2) is 8.02. The smallest absolute Gasteiger partial charge is 0.255 e. The summed E-state index contributed by atoms with van der Waals surface area (Å²) in [6.45, 7) is 3.94. The first-order valence-electron chi connectivity index (χ1n) is 10.4. The van der Waals surface area contributed by atoms with Crippen molar-refractivity contribution in [3.05, 3.63) is 53.9 Å². The number of likely N-dealkylation sites (tertiary alicyclic amines) is 2. The number of hydrogen-bond acceptors (Lipinski definition) is 7. The van der Waals surface area contributed by atoms with Crippen molar-refractivity contribution in [2.45, 2.75) is 31.9 Å². The third-order valence-corrected chi connectivity index (χ3v) is 7.02. The van der Waals surface area contributed by atoms with Crippen LogP contribution in [0.5, 0.6) is 0 Å². The SMILES string of the molecule is O=C(c1cccnc1)N1CC(O)CC2(CCN(Cc3ccc4nsnc4c3)CC2)C1. The highest BCUT2D eigenvalue weighted by Crippen LogP contribution is 2.40. The fraction of sp³-hybridized carbons (Fsp3) is 0.455. The van der Waals surface area contributed by atoms with Gasteiger partial charge in [0.1, 0.15) is 11.0 Å². The number of carbonyl (C=O) groups is 1. The number of β-amino-alcohol motifs (C(OH)–C–C–N with tert-alkyl or cyclic N) is 1. The molecule has 1 spiro atoms. The molecule has 2 aliphatic rings. The lowest BCUT2D eigenvalue weighted by Crippen LogP contribution is -2.55. The molecular weight excluding hydrogens is 398 g/mol. The summed E-state index contributed by atoms with van der Waals surface area (Å²) in [6, 6.07) is 9.87. The molecule has 2 aromatic heterocycles. The van der Waals surface area contributed by atoms with E-state index in [1.807, 2.05) is 11.0 Å². The van der Waals surface area contributed by atoms with Gasteiger partial charge in [0.05, 0.1) is 23.4 Å². The van der Waals surface area contributed by atoms with Crippen molar-refractivity contribution in [3.63, 3.8) is 0 Å². The standard InChI is InChI=1S/C22H25N5O2S/c28-18-11-22(15-27(14-18)21(29)17-2-1-7-23-12-17)5-8-26(9-6-22)13-16-3-4-19-20(10-16)25-30-24-19/h1-4,7,10,12,18,28H,5-6,8-9,11,13-15H2. The summed E-state index contributed by atoms with van der Waals surface area (Å²) in [5, 5.41) is 10.5. The van der Waals surface area contributed by atoms with E-state index in [0.717, 1.165) is 49.9 Å². The molecule has 1 N–H and O–H groups in total. The molecule has 1 atom stereocenters. The number of amides is 1. The largest absolute Gasteiger partial charge is 0.391 e. The molecule has 7 nitrogen and oxygen atoms in total. The Labute approximate surface area is 179 Å². The molecule has 8 heteroatoms. The van der Waals surface area contributed by atoms with E-state index < -0.39 is 6.10 Å². The maximum absolute atomic E-state index is 12.9. The van der Waals surface area contributed by atoms with Gasteiger partial charge in [-0.05, 0) is 67.6 Å². The molecule has 4 heterocycles. The predicted molar refractivity (Wildman–Crippen MR) is 115 cm³/mol. The quantitative estimate of drug-likeness (QED) is 0.697. The number of rotatable bonds is 3. The maximum atomic E-state index is 12.9. The Balaban J connectivity index is 1.24. The van der Waals surface area contributed by atoms with Crippen LogP contribution in [0.25, 0.3) is 11.0 Å². The molecule has 0 radical (unpaired) electrons. The van der Waals surface area contributed by atoms with Gasteiger partial charge in [0.25, 0.3) is 5.91 Å². The van der Waals surface area contributed by atoms with Crippen LogP contribution in [0, 0.1) is 5.41 Å². The highest BCUT2D eigenvalue weighted by molar-refractivity contribution is 7.00. The zero-order chi connectivity index (χ0) is 20.6. The van der Waals surface area contributed by atoms with Crippen LogP contribution < -0.4 is 0 Å². The molecule has 0 saturated carbocycles. The number of fused-ring (bicyclic) bond motifs is 1. The fourth-order valence-electron chi connectivity index (χ4n) is 4.91. The van der Waals surface area contributed by atoms with Crippen molar-refractivity contribution in [2.75, 3.05) is 26.2 Å². The van der Waals surface area contributed by atoms with Gasteiger partial charge >= 0.3 is 0 Å². The van der Waals surface area contributed by atoms with Crippen molar-refractivity contribution >= 4 is 28.7 Å². The van der Waals surface area contributed by atoms with Crippen LogP contribution in [-0.4, -0.2) is 66.8 Å². The van der Waals surface area contributed by atoms with Crippen LogP contribution in [0.3, 0.4) is 0 Å². The Morgan fingerprint density at radius 3 is 2.83 bits per heavy atom. The third kappa shape index (κ3) is 3.95. The minimum Gasteiger partial charge on any atom is -0.391 e. The van der Waals surface area contributed by atoms with Crippen molar-refractivity contribution in [1.82, 2.24) is 23.5 Å². The normalized spacial score (nSPS) is 21.9. The molecule has 2 aliphatic heterocycles. The Morgan fingerprint density at radius 2 is 2.03 bits per heavy atom. The van der Waals surface area contributed by atoms with Crippen molar-refractivity contribution in [1.29, 1.82) is 0 Å². The van der Waals surface area contributed by atoms with Crippen LogP contribution in [0.4, 0.5) is 0 Å². The Kier molecular flexibility index (Phi) is 5.22. The summed E-state index contributed by atoms with van der Waals surface area (Å²) >= 11 is 1.25. The first-order chi connectivity index (χ1) is 14.6. The Bertz CT molecular complexity index is 1030. The number of aliphatic hydroxyl groups excluding tert-OH is 1. The van der Waals surface area contributed by atoms with Crippen LogP contribution in [0.1, 0.15) is 35.2 Å². The molecule has 0 aliphatic carbocycles. The van der Waals surface area contributed by atoms with Gasteiger partial charge in [-0.3, -0.25) is 14.7 Å². The van der Waals surface area contributed by atoms with Crippen LogP contribution in [-0.2, 0) is 6.54 Å². The van der Waals surface area contributed by atoms with Gasteiger partial charge in [-0.1, -0.05) is 6.07 Å². The summed E-state index contributed by atoms with van der Waals surface area (Å²) in [5.41, 5.74) is 3.76. The monoisotopic (exact) mass is 423 g/mol. The minimum absolute atomic E-state index is 0.00514. The fourth-order valence-corrected chi connectivity index (χ4v) is 5.43. The predicted octanol–water partition coefficient (Wildman–Crippen LogP) is 2.58. The summed E-state index contributed by atoms with van der Waals surface area (Å²) in [6.07, 6.45) is 5.55. The van der Waals surface area contributed by atoms with E-state index in [4.69, 9.17) is 0 Å². The Morgan fingerprint density at radius 1 is 1.20 bits per heavy atom. The molecule has 2 saturated heterocycles. The van der Waals surface area contributed by atoms with Gasteiger partial charge in [-0.25, -0.2) is 0 Å². The van der Waals surface area contributed by atoms with Crippen LogP contribution in [0.2, 0.25) is 0 Å². The van der Waals surface area contributed by atoms with Gasteiger partial charge in [-0.2, -0.15) is 8.75 Å². The summed E-state index contributed by atoms with van der Waals surface area (Å²) in [4.78, 5) is 21.3. The number of hydrogen-bond donors (Lipinski definition) is 1. The molecule has 5 rings (SSSR count). The van der Waals surface area contributed by atoms with E-state index in [0.29, 0.717) is 18.7 Å². The summed E-state index contributed by atoms with van der Waals surface area (Å²) < 4.78 is 8.61. The second-order valence-corrected chi connectivity index (χ2v) is 9.18. The third-order valence-electron chi connectivity index (χ3n) is 6.46. The lowest BCUT2D eigenvalue weighted by molar-refractivity contribution is -0.0337. The number of benzene rings is 1. The number of nitrogens with zero attached hydrogens (tertiary/aromatic N) is 5. The van der Waals surface area contributed by atoms with Gasteiger partial charge < -0.3 is 10.0 Å². The van der Waals surface area contributed by atoms with Crippen LogP contribution >= 0.6 is 11.7 Å². The van der Waals surface area contributed by atoms with E-state index in [2.05, 4.69) is 30.8 Å². The number of piperidine rings is 2. The zero-order valence-electron chi connectivity index (χ0n) is 16.8. The van der Waals surface area contributed by atoms with Crippen molar-refractivity contribution < 1.29 is 9.90 Å². The Hall–Kier alpha value is -2.42. The molecule has 0 bridgehead atoms. The molecule has 1 unspecified atom stereocenters. The zero-order valence-corrected chi connectivity index (χ0v) is 17.6.